The topological polar surface area (TPSA) is 32.3 Å². The van der Waals surface area contributed by atoms with Crippen LogP contribution in [-0.2, 0) is 4.79 Å². The Morgan fingerprint density at radius 2 is 2.05 bits per heavy atom. The van der Waals surface area contributed by atoms with Gasteiger partial charge >= 0.3 is 0 Å². The van der Waals surface area contributed by atoms with Gasteiger partial charge in [-0.3, -0.25) is 10.1 Å². The maximum atomic E-state index is 12.6. The zero-order valence-electron chi connectivity index (χ0n) is 12.2. The van der Waals surface area contributed by atoms with Crippen LogP contribution in [0.5, 0.6) is 0 Å². The third-order valence-electron chi connectivity index (χ3n) is 4.29. The first-order valence-electron chi connectivity index (χ1n) is 7.30. The van der Waals surface area contributed by atoms with Gasteiger partial charge in [0, 0.05) is 6.54 Å². The molecule has 1 saturated heterocycles. The number of nitrogens with zero attached hydrogens (tertiary/aromatic N) is 1. The number of nitrogens with one attached hydrogen (secondary N) is 1. The van der Waals surface area contributed by atoms with Crippen molar-refractivity contribution in [3.05, 3.63) is 35.4 Å². The molecule has 1 N–H and O–H groups in total. The lowest BCUT2D eigenvalue weighted by atomic mass is 10.1. The van der Waals surface area contributed by atoms with Crippen LogP contribution in [0.1, 0.15) is 36.6 Å². The highest BCUT2D eigenvalue weighted by Gasteiger charge is 2.59. The number of thioether (sulfide) groups is 1. The van der Waals surface area contributed by atoms with Crippen LogP contribution in [0.4, 0.5) is 0 Å². The number of hydrogen-bond donors (Lipinski definition) is 1. The van der Waals surface area contributed by atoms with Crippen LogP contribution < -0.4 is 5.32 Å². The van der Waals surface area contributed by atoms with Crippen molar-refractivity contribution in [1.82, 2.24) is 10.2 Å². The van der Waals surface area contributed by atoms with Crippen molar-refractivity contribution in [2.24, 2.45) is 0 Å². The summed E-state index contributed by atoms with van der Waals surface area (Å²) in [5.41, 5.74) is 2.24. The predicted octanol–water partition coefficient (Wildman–Crippen LogP) is 2.71. The molecule has 3 nitrogen and oxygen atoms in total. The maximum Gasteiger partial charge on any atom is 0.244 e. The minimum atomic E-state index is -0.227. The van der Waals surface area contributed by atoms with E-state index in [9.17, 15) is 4.79 Å². The average Bonchev–Trinajstić information content (AvgIpc) is 3.18. The molecule has 1 saturated carbocycles. The molecule has 1 amide bonds. The molecule has 20 heavy (non-hydrogen) atoms. The molecule has 1 aliphatic carbocycles. The molecule has 108 valence electrons. The van der Waals surface area contributed by atoms with Crippen LogP contribution in [0.25, 0.3) is 0 Å². The van der Waals surface area contributed by atoms with E-state index in [0.29, 0.717) is 5.91 Å². The molecule has 4 heteroatoms. The third-order valence-corrected chi connectivity index (χ3v) is 4.98. The lowest BCUT2D eigenvalue weighted by molar-refractivity contribution is -0.130. The average molecular weight is 290 g/mol. The number of hydrogen-bond acceptors (Lipinski definition) is 3. The molecule has 0 aromatic heterocycles. The molecule has 1 heterocycles. The van der Waals surface area contributed by atoms with E-state index in [2.05, 4.69) is 42.8 Å². The number of rotatable bonds is 5. The number of carbonyl (C=O) groups is 1. The van der Waals surface area contributed by atoms with Gasteiger partial charge in [0.05, 0.1) is 0 Å². The number of amides is 1. The smallest absolute Gasteiger partial charge is 0.244 e. The Balaban J connectivity index is 1.79. The van der Waals surface area contributed by atoms with Crippen LogP contribution in [0, 0.1) is 6.92 Å². The van der Waals surface area contributed by atoms with Crippen molar-refractivity contribution in [2.75, 3.05) is 18.6 Å². The molecule has 1 aliphatic heterocycles. The lowest BCUT2D eigenvalue weighted by Gasteiger charge is -2.24. The lowest BCUT2D eigenvalue weighted by Crippen LogP contribution is -2.33. The summed E-state index contributed by atoms with van der Waals surface area (Å²) in [6.07, 6.45) is 5.23. The first-order valence-corrected chi connectivity index (χ1v) is 8.70. The third kappa shape index (κ3) is 2.47. The Morgan fingerprint density at radius 1 is 1.35 bits per heavy atom. The van der Waals surface area contributed by atoms with Crippen LogP contribution in [0.3, 0.4) is 0 Å². The highest BCUT2D eigenvalue weighted by Crippen LogP contribution is 2.45. The molecule has 1 aromatic rings. The fourth-order valence-corrected chi connectivity index (χ4v) is 3.32. The molecule has 0 bridgehead atoms. The van der Waals surface area contributed by atoms with E-state index in [1.54, 1.807) is 0 Å². The normalized spacial score (nSPS) is 23.6. The second-order valence-electron chi connectivity index (χ2n) is 5.88. The summed E-state index contributed by atoms with van der Waals surface area (Å²) in [7, 11) is 0. The molecule has 1 aromatic carbocycles. The van der Waals surface area contributed by atoms with Gasteiger partial charge in [0.2, 0.25) is 5.91 Å². The van der Waals surface area contributed by atoms with Crippen molar-refractivity contribution >= 4 is 17.7 Å². The molecule has 0 radical (unpaired) electrons. The largest absolute Gasteiger partial charge is 0.321 e. The molecule has 1 atom stereocenters. The molecule has 2 fully saturated rings. The summed E-state index contributed by atoms with van der Waals surface area (Å²) < 4.78 is 0. The minimum absolute atomic E-state index is 0.0625. The fourth-order valence-electron chi connectivity index (χ4n) is 2.90. The van der Waals surface area contributed by atoms with Gasteiger partial charge < -0.3 is 4.90 Å². The van der Waals surface area contributed by atoms with E-state index in [-0.39, 0.29) is 11.7 Å². The molecule has 1 unspecified atom stereocenters. The van der Waals surface area contributed by atoms with Crippen molar-refractivity contribution < 1.29 is 4.79 Å². The monoisotopic (exact) mass is 290 g/mol. The quantitative estimate of drug-likeness (QED) is 0.846. The van der Waals surface area contributed by atoms with Crippen LogP contribution in [0.2, 0.25) is 0 Å². The van der Waals surface area contributed by atoms with E-state index in [1.165, 1.54) is 11.1 Å². The number of benzene rings is 1. The Kier molecular flexibility index (Phi) is 3.78. The standard InChI is InChI=1S/C16H22N2OS/c1-12-4-6-13(7-5-12)14-17-16(8-9-16)15(19)18(14)10-3-11-20-2/h4-7,14,17H,3,8-11H2,1-2H3. The highest BCUT2D eigenvalue weighted by molar-refractivity contribution is 7.98. The Labute approximate surface area is 125 Å². The summed E-state index contributed by atoms with van der Waals surface area (Å²) in [6, 6.07) is 8.53. The SMILES string of the molecule is CSCCCN1C(=O)C2(CC2)NC1c1ccc(C)cc1. The van der Waals surface area contributed by atoms with Crippen molar-refractivity contribution in [3.8, 4) is 0 Å². The molecular weight excluding hydrogens is 268 g/mol. The van der Waals surface area contributed by atoms with E-state index in [4.69, 9.17) is 0 Å². The van der Waals surface area contributed by atoms with E-state index in [1.807, 2.05) is 16.7 Å². The van der Waals surface area contributed by atoms with Crippen LogP contribution >= 0.6 is 11.8 Å². The second-order valence-corrected chi connectivity index (χ2v) is 6.87. The summed E-state index contributed by atoms with van der Waals surface area (Å²) in [5.74, 6) is 1.42. The summed E-state index contributed by atoms with van der Waals surface area (Å²) >= 11 is 1.84. The van der Waals surface area contributed by atoms with Gasteiger partial charge in [-0.15, -0.1) is 0 Å². The zero-order valence-corrected chi connectivity index (χ0v) is 13.0. The number of aryl methyl sites for hydroxylation is 1. The first kappa shape index (κ1) is 14.0. The predicted molar refractivity (Wildman–Crippen MR) is 83.7 cm³/mol. The van der Waals surface area contributed by atoms with Gasteiger partial charge in [0.25, 0.3) is 0 Å². The van der Waals surface area contributed by atoms with Crippen LogP contribution in [-0.4, -0.2) is 34.9 Å². The van der Waals surface area contributed by atoms with Gasteiger partial charge in [0.1, 0.15) is 11.7 Å². The van der Waals surface area contributed by atoms with Gasteiger partial charge in [-0.1, -0.05) is 29.8 Å². The van der Waals surface area contributed by atoms with E-state index < -0.39 is 0 Å². The summed E-state index contributed by atoms with van der Waals surface area (Å²) in [6.45, 7) is 2.95. The number of carbonyl (C=O) groups excluding carboxylic acids is 1. The fraction of sp³-hybridized carbons (Fsp3) is 0.562. The summed E-state index contributed by atoms with van der Waals surface area (Å²) in [4.78, 5) is 14.6. The maximum absolute atomic E-state index is 12.6. The summed E-state index contributed by atoms with van der Waals surface area (Å²) in [5, 5.41) is 3.57. The molecule has 2 aliphatic rings. The van der Waals surface area contributed by atoms with Crippen molar-refractivity contribution in [3.63, 3.8) is 0 Å². The van der Waals surface area contributed by atoms with Crippen molar-refractivity contribution in [1.29, 1.82) is 0 Å². The van der Waals surface area contributed by atoms with Crippen molar-refractivity contribution in [2.45, 2.75) is 37.9 Å². The zero-order chi connectivity index (χ0) is 14.2. The van der Waals surface area contributed by atoms with Gasteiger partial charge in [-0.25, -0.2) is 0 Å². The molecular formula is C16H22N2OS. The van der Waals surface area contributed by atoms with Gasteiger partial charge in [-0.05, 0) is 43.8 Å². The van der Waals surface area contributed by atoms with Gasteiger partial charge in [-0.2, -0.15) is 11.8 Å². The van der Waals surface area contributed by atoms with Crippen LogP contribution in [0.15, 0.2) is 24.3 Å². The Morgan fingerprint density at radius 3 is 2.65 bits per heavy atom. The van der Waals surface area contributed by atoms with E-state index >= 15 is 0 Å². The van der Waals surface area contributed by atoms with Gasteiger partial charge in [0.15, 0.2) is 0 Å². The Bertz CT molecular complexity index is 496. The minimum Gasteiger partial charge on any atom is -0.321 e. The Hall–Kier alpha value is -1.00. The second kappa shape index (κ2) is 5.41. The highest BCUT2D eigenvalue weighted by atomic mass is 32.2. The van der Waals surface area contributed by atoms with E-state index in [0.717, 1.165) is 31.6 Å². The first-order chi connectivity index (χ1) is 9.66. The molecule has 3 rings (SSSR count). The molecule has 1 spiro atoms.